The van der Waals surface area contributed by atoms with Crippen molar-refractivity contribution >= 4 is 0 Å². The van der Waals surface area contributed by atoms with Gasteiger partial charge in [0.05, 0.1) is 5.60 Å². The molecule has 12 heavy (non-hydrogen) atoms. The first-order valence-electron chi connectivity index (χ1n) is 4.83. The molecule has 0 aromatic carbocycles. The van der Waals surface area contributed by atoms with E-state index in [2.05, 4.69) is 19.3 Å². The summed E-state index contributed by atoms with van der Waals surface area (Å²) < 4.78 is 5.70. The first-order valence-corrected chi connectivity index (χ1v) is 4.83. The van der Waals surface area contributed by atoms with Gasteiger partial charge >= 0.3 is 0 Å². The van der Waals surface area contributed by atoms with E-state index in [1.807, 2.05) is 0 Å². The molecule has 1 heterocycles. The van der Waals surface area contributed by atoms with Gasteiger partial charge in [0.1, 0.15) is 0 Å². The Balaban J connectivity index is 2.50. The summed E-state index contributed by atoms with van der Waals surface area (Å²) in [6, 6.07) is 0.310. The molecule has 0 aromatic rings. The highest BCUT2D eigenvalue weighted by Gasteiger charge is 2.37. The van der Waals surface area contributed by atoms with Crippen LogP contribution in [0.4, 0.5) is 0 Å². The van der Waals surface area contributed by atoms with E-state index in [0.29, 0.717) is 6.04 Å². The van der Waals surface area contributed by atoms with Crippen molar-refractivity contribution in [2.24, 2.45) is 5.84 Å². The van der Waals surface area contributed by atoms with Crippen LogP contribution >= 0.6 is 0 Å². The number of nitrogens with two attached hydrogens (primary N) is 1. The molecule has 3 nitrogen and oxygen atoms in total. The molecular weight excluding hydrogens is 152 g/mol. The highest BCUT2D eigenvalue weighted by Crippen LogP contribution is 2.30. The molecule has 1 rings (SSSR count). The Hall–Kier alpha value is -0.120. The summed E-state index contributed by atoms with van der Waals surface area (Å²) in [4.78, 5) is 0. The van der Waals surface area contributed by atoms with Crippen molar-refractivity contribution in [3.05, 3.63) is 0 Å². The van der Waals surface area contributed by atoms with Crippen molar-refractivity contribution in [1.82, 2.24) is 5.43 Å². The molecular formula is C9H20N2O. The molecule has 1 fully saturated rings. The third-order valence-electron chi connectivity index (χ3n) is 2.76. The third kappa shape index (κ3) is 1.97. The van der Waals surface area contributed by atoms with E-state index in [0.717, 1.165) is 25.9 Å². The monoisotopic (exact) mass is 172 g/mol. The highest BCUT2D eigenvalue weighted by atomic mass is 16.5. The van der Waals surface area contributed by atoms with Gasteiger partial charge in [-0.2, -0.15) is 0 Å². The number of hydrogen-bond acceptors (Lipinski definition) is 3. The SMILES string of the molecule is CCCC(NN)C1(C)CCCO1. The summed E-state index contributed by atoms with van der Waals surface area (Å²) in [5.41, 5.74) is 2.84. The molecule has 2 atom stereocenters. The minimum Gasteiger partial charge on any atom is -0.374 e. The molecule has 2 unspecified atom stereocenters. The molecule has 3 heteroatoms. The minimum absolute atomic E-state index is 0.0231. The maximum absolute atomic E-state index is 5.70. The molecule has 0 aromatic heterocycles. The van der Waals surface area contributed by atoms with Crippen molar-refractivity contribution in [3.63, 3.8) is 0 Å². The van der Waals surface area contributed by atoms with Crippen LogP contribution in [0.15, 0.2) is 0 Å². The average Bonchev–Trinajstić information content (AvgIpc) is 2.49. The van der Waals surface area contributed by atoms with Gasteiger partial charge in [0.25, 0.3) is 0 Å². The molecule has 0 bridgehead atoms. The fraction of sp³-hybridized carbons (Fsp3) is 1.00. The summed E-state index contributed by atoms with van der Waals surface area (Å²) in [5.74, 6) is 5.49. The van der Waals surface area contributed by atoms with Gasteiger partial charge in [-0.3, -0.25) is 11.3 Å². The maximum Gasteiger partial charge on any atom is 0.0821 e. The molecule has 1 aliphatic rings. The minimum atomic E-state index is -0.0231. The van der Waals surface area contributed by atoms with E-state index >= 15 is 0 Å². The lowest BCUT2D eigenvalue weighted by Gasteiger charge is -2.32. The van der Waals surface area contributed by atoms with Crippen LogP contribution in [-0.4, -0.2) is 18.2 Å². The number of hydrogen-bond donors (Lipinski definition) is 2. The highest BCUT2D eigenvalue weighted by molar-refractivity contribution is 4.91. The largest absolute Gasteiger partial charge is 0.374 e. The molecule has 72 valence electrons. The lowest BCUT2D eigenvalue weighted by molar-refractivity contribution is -0.0140. The number of ether oxygens (including phenoxy) is 1. The van der Waals surface area contributed by atoms with Crippen molar-refractivity contribution < 1.29 is 4.74 Å². The molecule has 1 aliphatic heterocycles. The predicted molar refractivity (Wildman–Crippen MR) is 49.6 cm³/mol. The van der Waals surface area contributed by atoms with Crippen LogP contribution in [0.25, 0.3) is 0 Å². The zero-order valence-corrected chi connectivity index (χ0v) is 8.10. The van der Waals surface area contributed by atoms with Crippen LogP contribution in [0.1, 0.15) is 39.5 Å². The van der Waals surface area contributed by atoms with E-state index in [4.69, 9.17) is 10.6 Å². The van der Waals surface area contributed by atoms with Crippen LogP contribution in [-0.2, 0) is 4.74 Å². The van der Waals surface area contributed by atoms with Crippen molar-refractivity contribution in [3.8, 4) is 0 Å². The van der Waals surface area contributed by atoms with E-state index in [-0.39, 0.29) is 5.60 Å². The second kappa shape index (κ2) is 4.21. The zero-order valence-electron chi connectivity index (χ0n) is 8.10. The summed E-state index contributed by atoms with van der Waals surface area (Å²) in [5, 5.41) is 0. The van der Waals surface area contributed by atoms with Gasteiger partial charge in [-0.1, -0.05) is 13.3 Å². The van der Waals surface area contributed by atoms with Gasteiger partial charge in [-0.05, 0) is 26.2 Å². The lowest BCUT2D eigenvalue weighted by Crippen LogP contribution is -2.51. The smallest absolute Gasteiger partial charge is 0.0821 e. The summed E-state index contributed by atoms with van der Waals surface area (Å²) in [7, 11) is 0. The summed E-state index contributed by atoms with van der Waals surface area (Å²) in [6.07, 6.45) is 4.53. The van der Waals surface area contributed by atoms with Crippen LogP contribution in [0, 0.1) is 0 Å². The van der Waals surface area contributed by atoms with Gasteiger partial charge in [-0.25, -0.2) is 0 Å². The molecule has 3 N–H and O–H groups in total. The Morgan fingerprint density at radius 2 is 2.42 bits per heavy atom. The fourth-order valence-electron chi connectivity index (χ4n) is 1.93. The second-order valence-electron chi connectivity index (χ2n) is 3.77. The standard InChI is InChI=1S/C9H20N2O/c1-3-5-8(11-10)9(2)6-4-7-12-9/h8,11H,3-7,10H2,1-2H3. The van der Waals surface area contributed by atoms with Crippen LogP contribution in [0.3, 0.4) is 0 Å². The van der Waals surface area contributed by atoms with Crippen LogP contribution in [0.5, 0.6) is 0 Å². The normalized spacial score (nSPS) is 32.2. The Kier molecular flexibility index (Phi) is 3.50. The van der Waals surface area contributed by atoms with Gasteiger partial charge in [-0.15, -0.1) is 0 Å². The fourth-order valence-corrected chi connectivity index (χ4v) is 1.93. The van der Waals surface area contributed by atoms with Crippen molar-refractivity contribution in [2.75, 3.05) is 6.61 Å². The van der Waals surface area contributed by atoms with Gasteiger partial charge in [0.2, 0.25) is 0 Å². The van der Waals surface area contributed by atoms with Crippen molar-refractivity contribution in [2.45, 2.75) is 51.2 Å². The number of nitrogens with one attached hydrogen (secondary N) is 1. The van der Waals surface area contributed by atoms with E-state index < -0.39 is 0 Å². The van der Waals surface area contributed by atoms with Crippen molar-refractivity contribution in [1.29, 1.82) is 0 Å². The predicted octanol–water partition coefficient (Wildman–Crippen LogP) is 1.19. The Morgan fingerprint density at radius 3 is 2.83 bits per heavy atom. The zero-order chi connectivity index (χ0) is 9.03. The number of rotatable bonds is 4. The van der Waals surface area contributed by atoms with Crippen LogP contribution < -0.4 is 11.3 Å². The second-order valence-corrected chi connectivity index (χ2v) is 3.77. The topological polar surface area (TPSA) is 47.3 Å². The number of hydrazine groups is 1. The van der Waals surface area contributed by atoms with E-state index in [1.165, 1.54) is 6.42 Å². The molecule has 0 amide bonds. The molecule has 0 spiro atoms. The van der Waals surface area contributed by atoms with Gasteiger partial charge < -0.3 is 4.74 Å². The summed E-state index contributed by atoms with van der Waals surface area (Å²) in [6.45, 7) is 5.21. The quantitative estimate of drug-likeness (QED) is 0.494. The first kappa shape index (κ1) is 9.96. The summed E-state index contributed by atoms with van der Waals surface area (Å²) >= 11 is 0. The van der Waals surface area contributed by atoms with Gasteiger partial charge in [0, 0.05) is 12.6 Å². The van der Waals surface area contributed by atoms with Crippen LogP contribution in [0.2, 0.25) is 0 Å². The Labute approximate surface area is 74.6 Å². The Bertz CT molecular complexity index is 132. The molecule has 0 radical (unpaired) electrons. The van der Waals surface area contributed by atoms with E-state index in [1.54, 1.807) is 0 Å². The third-order valence-corrected chi connectivity index (χ3v) is 2.76. The maximum atomic E-state index is 5.70. The molecule has 0 aliphatic carbocycles. The first-order chi connectivity index (χ1) is 5.73. The molecule has 1 saturated heterocycles. The lowest BCUT2D eigenvalue weighted by atomic mass is 9.90. The Morgan fingerprint density at radius 1 is 1.67 bits per heavy atom. The van der Waals surface area contributed by atoms with Gasteiger partial charge in [0.15, 0.2) is 0 Å². The molecule has 0 saturated carbocycles. The average molecular weight is 172 g/mol. The van der Waals surface area contributed by atoms with E-state index in [9.17, 15) is 0 Å².